The molecule has 0 spiro atoms. The Balaban J connectivity index is 0.839. The van der Waals surface area contributed by atoms with Gasteiger partial charge in [0.2, 0.25) is 17.8 Å². The summed E-state index contributed by atoms with van der Waals surface area (Å²) in [7, 11) is 0. The molecule has 3 aromatic rings. The summed E-state index contributed by atoms with van der Waals surface area (Å²) in [5, 5.41) is 15.7. The Morgan fingerprint density at radius 2 is 1.72 bits per heavy atom. The molecule has 0 radical (unpaired) electrons. The van der Waals surface area contributed by atoms with Crippen LogP contribution in [-0.2, 0) is 9.59 Å². The van der Waals surface area contributed by atoms with E-state index in [4.69, 9.17) is 10.00 Å². The number of ether oxygens (including phenoxy) is 1. The van der Waals surface area contributed by atoms with Gasteiger partial charge in [-0.15, -0.1) is 0 Å². The van der Waals surface area contributed by atoms with Crippen LogP contribution in [0.3, 0.4) is 0 Å². The van der Waals surface area contributed by atoms with Crippen molar-refractivity contribution in [1.82, 2.24) is 30.0 Å². The molecule has 3 aliphatic heterocycles. The second kappa shape index (κ2) is 13.1. The van der Waals surface area contributed by atoms with Gasteiger partial charge in [-0.2, -0.15) is 5.26 Å². The second-order valence-corrected chi connectivity index (χ2v) is 12.6. The zero-order valence-corrected chi connectivity index (χ0v) is 26.0. The Morgan fingerprint density at radius 3 is 2.49 bits per heavy atom. The molecule has 47 heavy (non-hydrogen) atoms. The van der Waals surface area contributed by atoms with Crippen LogP contribution in [-0.4, -0.2) is 106 Å². The molecular weight excluding hydrogens is 600 g/mol. The smallest absolute Gasteiger partial charge is 0.262 e. The largest absolute Gasteiger partial charge is 0.492 e. The number of carbonyl (C=O) groups excluding carboxylic acids is 4. The van der Waals surface area contributed by atoms with Gasteiger partial charge in [-0.3, -0.25) is 39.2 Å². The molecule has 4 aliphatic rings. The molecule has 7 rings (SSSR count). The predicted octanol–water partition coefficient (Wildman–Crippen LogP) is 2.32. The number of fused-ring (bicyclic) bond motifs is 2. The van der Waals surface area contributed by atoms with Crippen molar-refractivity contribution in [3.63, 3.8) is 0 Å². The average molecular weight is 637 g/mol. The highest BCUT2D eigenvalue weighted by Gasteiger charge is 2.44. The SMILES string of the molecule is N#Cc1ccc2nc(NC3CCC(N4CCN(CCOc5ccc6c(c5)C(=O)N(C5CCC(=O)NC5=O)C6=O)CC4)CC3)ncc2c1. The normalized spacial score (nSPS) is 23.8. The van der Waals surface area contributed by atoms with Crippen LogP contribution in [0.4, 0.5) is 5.95 Å². The lowest BCUT2D eigenvalue weighted by Crippen LogP contribution is -2.54. The molecule has 1 saturated carbocycles. The first-order valence-corrected chi connectivity index (χ1v) is 16.2. The first kappa shape index (κ1) is 30.7. The molecule has 4 amide bonds. The van der Waals surface area contributed by atoms with E-state index in [1.54, 1.807) is 36.5 Å². The lowest BCUT2D eigenvalue weighted by atomic mass is 9.90. The van der Waals surface area contributed by atoms with Crippen molar-refractivity contribution in [2.24, 2.45) is 0 Å². The second-order valence-electron chi connectivity index (χ2n) is 12.6. The zero-order valence-electron chi connectivity index (χ0n) is 26.0. The lowest BCUT2D eigenvalue weighted by Gasteiger charge is -2.42. The van der Waals surface area contributed by atoms with E-state index in [1.807, 2.05) is 6.07 Å². The van der Waals surface area contributed by atoms with Crippen LogP contribution in [0.1, 0.15) is 64.8 Å². The highest BCUT2D eigenvalue weighted by Crippen LogP contribution is 2.31. The number of carbonyl (C=O) groups is 4. The number of amides is 4. The van der Waals surface area contributed by atoms with Gasteiger partial charge in [-0.1, -0.05) is 0 Å². The van der Waals surface area contributed by atoms with Gasteiger partial charge in [0.05, 0.1) is 28.3 Å². The standard InChI is InChI=1S/C34H36N8O5/c35-19-21-1-8-28-22(17-21)20-36-34(38-28)37-23-2-4-24(5-3-23)41-13-11-40(12-14-41)15-16-47-25-6-7-26-27(18-25)33(46)42(32(26)45)29-9-10-30(43)39-31(29)44/h1,6-8,17-18,20,23-24,29H,2-5,9-16H2,(H,36,37,38)(H,39,43,44). The Bertz CT molecular complexity index is 1770. The maximum atomic E-state index is 13.1. The summed E-state index contributed by atoms with van der Waals surface area (Å²) in [6.07, 6.45) is 6.36. The van der Waals surface area contributed by atoms with Crippen molar-refractivity contribution in [3.8, 4) is 11.8 Å². The third-order valence-corrected chi connectivity index (χ3v) is 9.75. The number of nitriles is 1. The van der Waals surface area contributed by atoms with E-state index in [9.17, 15) is 19.2 Å². The van der Waals surface area contributed by atoms with Crippen molar-refractivity contribution in [2.75, 3.05) is 44.6 Å². The van der Waals surface area contributed by atoms with Gasteiger partial charge in [0, 0.05) is 62.8 Å². The summed E-state index contributed by atoms with van der Waals surface area (Å²) in [6, 6.07) is 12.3. The molecule has 1 atom stereocenters. The number of rotatable bonds is 8. The minimum absolute atomic E-state index is 0.0843. The highest BCUT2D eigenvalue weighted by atomic mass is 16.5. The van der Waals surface area contributed by atoms with E-state index >= 15 is 0 Å². The van der Waals surface area contributed by atoms with Crippen molar-refractivity contribution in [1.29, 1.82) is 5.26 Å². The van der Waals surface area contributed by atoms with E-state index in [0.717, 1.165) is 74.2 Å². The van der Waals surface area contributed by atoms with Gasteiger partial charge in [0.1, 0.15) is 18.4 Å². The van der Waals surface area contributed by atoms with E-state index in [2.05, 4.69) is 36.5 Å². The monoisotopic (exact) mass is 636 g/mol. The van der Waals surface area contributed by atoms with E-state index in [-0.39, 0.29) is 24.0 Å². The van der Waals surface area contributed by atoms with Gasteiger partial charge in [-0.25, -0.2) is 9.97 Å². The molecule has 242 valence electrons. The van der Waals surface area contributed by atoms with Crippen molar-refractivity contribution in [2.45, 2.75) is 56.7 Å². The van der Waals surface area contributed by atoms with Crippen LogP contribution in [0, 0.1) is 11.3 Å². The van der Waals surface area contributed by atoms with Gasteiger partial charge in [0.15, 0.2) is 0 Å². The first-order valence-electron chi connectivity index (χ1n) is 16.2. The van der Waals surface area contributed by atoms with Gasteiger partial charge in [-0.05, 0) is 68.5 Å². The maximum absolute atomic E-state index is 13.1. The van der Waals surface area contributed by atoms with E-state index in [0.29, 0.717) is 36.0 Å². The number of nitrogens with one attached hydrogen (secondary N) is 2. The van der Waals surface area contributed by atoms with Gasteiger partial charge in [0.25, 0.3) is 11.8 Å². The summed E-state index contributed by atoms with van der Waals surface area (Å²) in [5.74, 6) is -0.949. The first-order chi connectivity index (χ1) is 22.9. The number of benzene rings is 2. The molecule has 0 bridgehead atoms. The molecule has 1 aliphatic carbocycles. The van der Waals surface area contributed by atoms with Crippen molar-refractivity contribution >= 4 is 40.5 Å². The zero-order chi connectivity index (χ0) is 32.5. The average Bonchev–Trinajstić information content (AvgIpc) is 3.33. The molecule has 13 nitrogen and oxygen atoms in total. The molecule has 13 heteroatoms. The minimum atomic E-state index is -0.985. The van der Waals surface area contributed by atoms with E-state index < -0.39 is 29.7 Å². The molecule has 2 aromatic carbocycles. The fourth-order valence-electron chi connectivity index (χ4n) is 7.12. The number of hydrogen-bond donors (Lipinski definition) is 2. The van der Waals surface area contributed by atoms with Crippen molar-refractivity contribution < 1.29 is 23.9 Å². The third-order valence-electron chi connectivity index (χ3n) is 9.75. The Kier molecular flexibility index (Phi) is 8.53. The fraction of sp³-hybridized carbons (Fsp3) is 0.441. The number of piperidine rings is 1. The molecule has 1 aromatic heterocycles. The molecule has 2 N–H and O–H groups in total. The van der Waals surface area contributed by atoms with E-state index in [1.165, 1.54) is 0 Å². The number of piperazine rings is 1. The number of anilines is 1. The Hall–Kier alpha value is -4.93. The summed E-state index contributed by atoms with van der Waals surface area (Å²) in [6.45, 7) is 5.13. The summed E-state index contributed by atoms with van der Waals surface area (Å²) in [4.78, 5) is 64.9. The predicted molar refractivity (Wildman–Crippen MR) is 171 cm³/mol. The molecular formula is C34H36N8O5. The molecule has 3 fully saturated rings. The minimum Gasteiger partial charge on any atom is -0.492 e. The van der Waals surface area contributed by atoms with Crippen LogP contribution in [0.2, 0.25) is 0 Å². The quantitative estimate of drug-likeness (QED) is 0.349. The third kappa shape index (κ3) is 6.39. The van der Waals surface area contributed by atoms with Crippen LogP contribution in [0.25, 0.3) is 10.9 Å². The van der Waals surface area contributed by atoms with Gasteiger partial charge >= 0.3 is 0 Å². The van der Waals surface area contributed by atoms with Crippen LogP contribution < -0.4 is 15.4 Å². The maximum Gasteiger partial charge on any atom is 0.262 e. The number of hydrogen-bond acceptors (Lipinski definition) is 11. The van der Waals surface area contributed by atoms with Gasteiger partial charge < -0.3 is 10.1 Å². The topological polar surface area (TPSA) is 161 Å². The summed E-state index contributed by atoms with van der Waals surface area (Å²) >= 11 is 0. The molecule has 1 unspecified atom stereocenters. The molecule has 4 heterocycles. The van der Waals surface area contributed by atoms with Crippen molar-refractivity contribution in [3.05, 3.63) is 59.3 Å². The number of imide groups is 2. The van der Waals surface area contributed by atoms with Crippen LogP contribution in [0.5, 0.6) is 5.75 Å². The highest BCUT2D eigenvalue weighted by molar-refractivity contribution is 6.23. The Morgan fingerprint density at radius 1 is 0.936 bits per heavy atom. The summed E-state index contributed by atoms with van der Waals surface area (Å²) < 4.78 is 5.98. The van der Waals surface area contributed by atoms with Crippen LogP contribution in [0.15, 0.2) is 42.6 Å². The molecule has 2 saturated heterocycles. The Labute approximate surface area is 271 Å². The number of nitrogens with zero attached hydrogens (tertiary/aromatic N) is 6. The number of aromatic nitrogens is 2. The summed E-state index contributed by atoms with van der Waals surface area (Å²) in [5.41, 5.74) is 1.89. The lowest BCUT2D eigenvalue weighted by molar-refractivity contribution is -0.136. The fourth-order valence-corrected chi connectivity index (χ4v) is 7.12. The van der Waals surface area contributed by atoms with Crippen LogP contribution >= 0.6 is 0 Å².